The van der Waals surface area contributed by atoms with E-state index < -0.39 is 12.3 Å². The van der Waals surface area contributed by atoms with Gasteiger partial charge in [0.2, 0.25) is 0 Å². The maximum Gasteiger partial charge on any atom is 0.415 e. The van der Waals surface area contributed by atoms with Crippen molar-refractivity contribution in [2.24, 2.45) is 0 Å². The molecule has 1 heterocycles. The fourth-order valence-corrected chi connectivity index (χ4v) is 3.11. The Hall–Kier alpha value is -1.11. The van der Waals surface area contributed by atoms with E-state index in [0.717, 1.165) is 25.8 Å². The van der Waals surface area contributed by atoms with E-state index in [2.05, 4.69) is 24.1 Å². The lowest BCUT2D eigenvalue weighted by Crippen LogP contribution is -2.41. The third-order valence-corrected chi connectivity index (χ3v) is 4.50. The van der Waals surface area contributed by atoms with Crippen molar-refractivity contribution in [1.29, 1.82) is 0 Å². The van der Waals surface area contributed by atoms with Crippen molar-refractivity contribution < 1.29 is 18.3 Å². The number of aliphatic hydroxyl groups excluding tert-OH is 1. The SMILES string of the molecule is CN(Cc1ccccc1)[C@H]1CCCN(C[C@@H](O)C(F)(F)F)CC1. The number of likely N-dealkylation sites (tertiary alicyclic amines) is 1. The van der Waals surface area contributed by atoms with Gasteiger partial charge in [0.15, 0.2) is 6.10 Å². The zero-order valence-electron chi connectivity index (χ0n) is 13.5. The standard InChI is InChI=1S/C17H25F3N2O/c1-21(12-14-6-3-2-4-7-14)15-8-5-10-22(11-9-15)13-16(23)17(18,19)20/h2-4,6-7,15-16,23H,5,8-13H2,1H3/t15-,16+/m0/s1. The van der Waals surface area contributed by atoms with E-state index in [0.29, 0.717) is 19.1 Å². The highest BCUT2D eigenvalue weighted by atomic mass is 19.4. The van der Waals surface area contributed by atoms with Crippen LogP contribution in [-0.4, -0.2) is 59.9 Å². The highest BCUT2D eigenvalue weighted by Gasteiger charge is 2.39. The first kappa shape index (κ1) is 18.2. The van der Waals surface area contributed by atoms with Crippen LogP contribution >= 0.6 is 0 Å². The monoisotopic (exact) mass is 330 g/mol. The van der Waals surface area contributed by atoms with Crippen LogP contribution in [0, 0.1) is 0 Å². The van der Waals surface area contributed by atoms with Gasteiger partial charge in [-0.2, -0.15) is 13.2 Å². The van der Waals surface area contributed by atoms with E-state index in [-0.39, 0.29) is 6.54 Å². The number of benzene rings is 1. The second-order valence-corrected chi connectivity index (χ2v) is 6.34. The molecule has 1 aromatic rings. The van der Waals surface area contributed by atoms with Gasteiger partial charge in [-0.3, -0.25) is 4.90 Å². The number of alkyl halides is 3. The normalized spacial score (nSPS) is 22.1. The largest absolute Gasteiger partial charge is 0.415 e. The van der Waals surface area contributed by atoms with Crippen LogP contribution < -0.4 is 0 Å². The Balaban J connectivity index is 1.83. The summed E-state index contributed by atoms with van der Waals surface area (Å²) in [4.78, 5) is 4.01. The number of hydrogen-bond donors (Lipinski definition) is 1. The zero-order chi connectivity index (χ0) is 16.9. The number of halogens is 3. The predicted molar refractivity (Wildman–Crippen MR) is 84.0 cm³/mol. The molecule has 0 amide bonds. The van der Waals surface area contributed by atoms with Crippen molar-refractivity contribution in [2.45, 2.75) is 44.1 Å². The van der Waals surface area contributed by atoms with Crippen molar-refractivity contribution in [3.63, 3.8) is 0 Å². The maximum absolute atomic E-state index is 12.5. The molecule has 1 aliphatic heterocycles. The summed E-state index contributed by atoms with van der Waals surface area (Å²) in [6.45, 7) is 1.73. The Bertz CT molecular complexity index is 467. The molecule has 1 saturated heterocycles. The van der Waals surface area contributed by atoms with E-state index in [1.165, 1.54) is 5.56 Å². The van der Waals surface area contributed by atoms with E-state index in [1.807, 2.05) is 18.2 Å². The summed E-state index contributed by atoms with van der Waals surface area (Å²) in [6.07, 6.45) is -4.12. The first-order chi connectivity index (χ1) is 10.9. The predicted octanol–water partition coefficient (Wildman–Crippen LogP) is 2.90. The third-order valence-electron chi connectivity index (χ3n) is 4.50. The summed E-state index contributed by atoms with van der Waals surface area (Å²) in [5.41, 5.74) is 1.24. The molecular formula is C17H25F3N2O. The molecule has 2 rings (SSSR count). The van der Waals surface area contributed by atoms with Crippen LogP contribution in [0.2, 0.25) is 0 Å². The maximum atomic E-state index is 12.5. The van der Waals surface area contributed by atoms with Crippen LogP contribution in [0.4, 0.5) is 13.2 Å². The molecule has 1 aliphatic rings. The van der Waals surface area contributed by atoms with E-state index in [4.69, 9.17) is 0 Å². The van der Waals surface area contributed by atoms with Gasteiger partial charge >= 0.3 is 6.18 Å². The quantitative estimate of drug-likeness (QED) is 0.899. The Kier molecular flexibility index (Phi) is 6.44. The van der Waals surface area contributed by atoms with Crippen LogP contribution in [-0.2, 0) is 6.54 Å². The van der Waals surface area contributed by atoms with Crippen molar-refractivity contribution in [3.8, 4) is 0 Å². The summed E-state index contributed by atoms with van der Waals surface area (Å²) in [6, 6.07) is 10.5. The summed E-state index contributed by atoms with van der Waals surface area (Å²) >= 11 is 0. The number of rotatable bonds is 5. The second-order valence-electron chi connectivity index (χ2n) is 6.34. The molecule has 0 aliphatic carbocycles. The van der Waals surface area contributed by atoms with Gasteiger partial charge in [0.25, 0.3) is 0 Å². The van der Waals surface area contributed by atoms with Crippen LogP contribution in [0.3, 0.4) is 0 Å². The molecule has 23 heavy (non-hydrogen) atoms. The van der Waals surface area contributed by atoms with Crippen LogP contribution in [0.15, 0.2) is 30.3 Å². The number of β-amino-alcohol motifs (C(OH)–C–C–N with tert-alkyl or cyclic N) is 1. The molecular weight excluding hydrogens is 305 g/mol. The van der Waals surface area contributed by atoms with Gasteiger partial charge in [-0.15, -0.1) is 0 Å². The molecule has 6 heteroatoms. The lowest BCUT2D eigenvalue weighted by Gasteiger charge is -2.28. The molecule has 130 valence electrons. The minimum Gasteiger partial charge on any atom is -0.382 e. The van der Waals surface area contributed by atoms with Crippen molar-refractivity contribution in [3.05, 3.63) is 35.9 Å². The summed E-state index contributed by atoms with van der Waals surface area (Å²) < 4.78 is 37.4. The van der Waals surface area contributed by atoms with Crippen LogP contribution in [0.1, 0.15) is 24.8 Å². The zero-order valence-corrected chi connectivity index (χ0v) is 13.5. The van der Waals surface area contributed by atoms with Gasteiger partial charge in [-0.05, 0) is 45.0 Å². The van der Waals surface area contributed by atoms with Gasteiger partial charge in [0, 0.05) is 19.1 Å². The Labute approximate surface area is 135 Å². The summed E-state index contributed by atoms with van der Waals surface area (Å²) in [5.74, 6) is 0. The minimum absolute atomic E-state index is 0.321. The molecule has 2 atom stereocenters. The number of aliphatic hydroxyl groups is 1. The molecule has 1 fully saturated rings. The number of hydrogen-bond acceptors (Lipinski definition) is 3. The fraction of sp³-hybridized carbons (Fsp3) is 0.647. The summed E-state index contributed by atoms with van der Waals surface area (Å²) in [7, 11) is 2.07. The lowest BCUT2D eigenvalue weighted by molar-refractivity contribution is -0.208. The molecule has 0 unspecified atom stereocenters. The molecule has 0 aromatic heterocycles. The van der Waals surface area contributed by atoms with E-state index in [9.17, 15) is 18.3 Å². The van der Waals surface area contributed by atoms with Crippen molar-refractivity contribution in [1.82, 2.24) is 9.80 Å². The first-order valence-electron chi connectivity index (χ1n) is 8.07. The van der Waals surface area contributed by atoms with Gasteiger partial charge in [0.05, 0.1) is 0 Å². The van der Waals surface area contributed by atoms with Crippen LogP contribution in [0.25, 0.3) is 0 Å². The van der Waals surface area contributed by atoms with Crippen LogP contribution in [0.5, 0.6) is 0 Å². The average molecular weight is 330 g/mol. The molecule has 1 aromatic carbocycles. The van der Waals surface area contributed by atoms with Gasteiger partial charge in [-0.1, -0.05) is 30.3 Å². The van der Waals surface area contributed by atoms with Gasteiger partial charge < -0.3 is 10.0 Å². The van der Waals surface area contributed by atoms with E-state index in [1.54, 1.807) is 4.90 Å². The summed E-state index contributed by atoms with van der Waals surface area (Å²) in [5, 5.41) is 9.22. The smallest absolute Gasteiger partial charge is 0.382 e. The molecule has 0 radical (unpaired) electrons. The van der Waals surface area contributed by atoms with Crippen molar-refractivity contribution in [2.75, 3.05) is 26.7 Å². The average Bonchev–Trinajstić information content (AvgIpc) is 2.73. The highest BCUT2D eigenvalue weighted by molar-refractivity contribution is 5.14. The second kappa shape index (κ2) is 8.13. The van der Waals surface area contributed by atoms with Gasteiger partial charge in [-0.25, -0.2) is 0 Å². The van der Waals surface area contributed by atoms with Gasteiger partial charge in [0.1, 0.15) is 0 Å². The highest BCUT2D eigenvalue weighted by Crippen LogP contribution is 2.23. The van der Waals surface area contributed by atoms with E-state index >= 15 is 0 Å². The molecule has 1 N–H and O–H groups in total. The lowest BCUT2D eigenvalue weighted by atomic mass is 10.1. The molecule has 0 bridgehead atoms. The molecule has 0 spiro atoms. The Morgan fingerprint density at radius 2 is 1.91 bits per heavy atom. The fourth-order valence-electron chi connectivity index (χ4n) is 3.11. The molecule has 0 saturated carbocycles. The first-order valence-corrected chi connectivity index (χ1v) is 8.07. The topological polar surface area (TPSA) is 26.7 Å². The third kappa shape index (κ3) is 5.79. The minimum atomic E-state index is -4.53. The number of nitrogens with zero attached hydrogens (tertiary/aromatic N) is 2. The Morgan fingerprint density at radius 1 is 1.22 bits per heavy atom. The Morgan fingerprint density at radius 3 is 2.57 bits per heavy atom. The molecule has 3 nitrogen and oxygen atoms in total. The van der Waals surface area contributed by atoms with Crippen molar-refractivity contribution >= 4 is 0 Å².